The van der Waals surface area contributed by atoms with Crippen LogP contribution in [0.15, 0.2) is 36.4 Å². The van der Waals surface area contributed by atoms with Crippen molar-refractivity contribution < 1.29 is 9.53 Å². The van der Waals surface area contributed by atoms with Crippen molar-refractivity contribution in [1.29, 1.82) is 0 Å². The smallest absolute Gasteiger partial charge is 0.333 e. The lowest BCUT2D eigenvalue weighted by atomic mass is 10.0. The summed E-state index contributed by atoms with van der Waals surface area (Å²) in [5, 5.41) is 0. The minimum Gasteiger partial charge on any atom is -0.462 e. The fraction of sp³-hybridized carbons (Fsp3) is 0.500. The molecule has 0 radical (unpaired) electrons. The Morgan fingerprint density at radius 1 is 1.05 bits per heavy atom. The summed E-state index contributed by atoms with van der Waals surface area (Å²) >= 11 is 0. The Kier molecular flexibility index (Phi) is 7.71. The van der Waals surface area contributed by atoms with Crippen molar-refractivity contribution in [2.75, 3.05) is 6.61 Å². The molecule has 110 valence electrons. The first-order chi connectivity index (χ1) is 9.59. The molecule has 0 N–H and O–H groups in total. The van der Waals surface area contributed by atoms with Gasteiger partial charge in [-0.05, 0) is 38.7 Å². The molecular weight excluding hydrogens is 248 g/mol. The summed E-state index contributed by atoms with van der Waals surface area (Å²) in [6.07, 6.45) is 6.90. The normalized spacial score (nSPS) is 10.3. The Morgan fingerprint density at radius 3 is 2.30 bits per heavy atom. The predicted molar refractivity (Wildman–Crippen MR) is 83.7 cm³/mol. The third kappa shape index (κ3) is 7.13. The molecule has 0 aliphatic heterocycles. The van der Waals surface area contributed by atoms with Gasteiger partial charge >= 0.3 is 5.97 Å². The molecule has 0 fully saturated rings. The van der Waals surface area contributed by atoms with Gasteiger partial charge in [-0.2, -0.15) is 0 Å². The Morgan fingerprint density at radius 2 is 1.65 bits per heavy atom. The van der Waals surface area contributed by atoms with Gasteiger partial charge in [-0.15, -0.1) is 0 Å². The lowest BCUT2D eigenvalue weighted by molar-refractivity contribution is -0.139. The largest absolute Gasteiger partial charge is 0.462 e. The van der Waals surface area contributed by atoms with Crippen molar-refractivity contribution in [1.82, 2.24) is 0 Å². The standard InChI is InChI=1S/C18H26O2/c1-15(2)18(19)20-14-8-6-4-5-7-9-17-12-10-16(3)11-13-17/h10-13H,1,4-9,14H2,2-3H3. The highest BCUT2D eigenvalue weighted by atomic mass is 16.5. The van der Waals surface area contributed by atoms with Gasteiger partial charge in [0.15, 0.2) is 0 Å². The van der Waals surface area contributed by atoms with Crippen molar-refractivity contribution in [2.45, 2.75) is 52.4 Å². The van der Waals surface area contributed by atoms with Gasteiger partial charge in [0.25, 0.3) is 0 Å². The Hall–Kier alpha value is -1.57. The van der Waals surface area contributed by atoms with E-state index < -0.39 is 0 Å². The number of unbranched alkanes of at least 4 members (excludes halogenated alkanes) is 4. The second-order valence-electron chi connectivity index (χ2n) is 5.42. The number of aryl methyl sites for hydroxylation is 2. The van der Waals surface area contributed by atoms with E-state index in [1.54, 1.807) is 6.92 Å². The zero-order valence-electron chi connectivity index (χ0n) is 12.8. The quantitative estimate of drug-likeness (QED) is 0.373. The summed E-state index contributed by atoms with van der Waals surface area (Å²) in [6, 6.07) is 8.77. The SMILES string of the molecule is C=C(C)C(=O)OCCCCCCCc1ccc(C)cc1. The van der Waals surface area contributed by atoms with Gasteiger partial charge in [0.05, 0.1) is 6.61 Å². The van der Waals surface area contributed by atoms with E-state index in [1.807, 2.05) is 0 Å². The predicted octanol–water partition coefficient (Wildman–Crippen LogP) is 4.61. The second kappa shape index (κ2) is 9.35. The molecule has 20 heavy (non-hydrogen) atoms. The van der Waals surface area contributed by atoms with Crippen LogP contribution in [0, 0.1) is 6.92 Å². The third-order valence-electron chi connectivity index (χ3n) is 3.31. The van der Waals surface area contributed by atoms with E-state index in [9.17, 15) is 4.79 Å². The van der Waals surface area contributed by atoms with Crippen LogP contribution in [-0.4, -0.2) is 12.6 Å². The molecule has 0 heterocycles. The topological polar surface area (TPSA) is 26.3 Å². The highest BCUT2D eigenvalue weighted by Crippen LogP contribution is 2.10. The number of hydrogen-bond donors (Lipinski definition) is 0. The number of hydrogen-bond acceptors (Lipinski definition) is 2. The zero-order valence-corrected chi connectivity index (χ0v) is 12.8. The minimum absolute atomic E-state index is 0.274. The monoisotopic (exact) mass is 274 g/mol. The summed E-state index contributed by atoms with van der Waals surface area (Å²) in [6.45, 7) is 7.86. The lowest BCUT2D eigenvalue weighted by Gasteiger charge is -2.05. The number of benzene rings is 1. The average molecular weight is 274 g/mol. The van der Waals surface area contributed by atoms with E-state index in [4.69, 9.17) is 4.74 Å². The van der Waals surface area contributed by atoms with Gasteiger partial charge in [0.2, 0.25) is 0 Å². The second-order valence-corrected chi connectivity index (χ2v) is 5.42. The molecule has 1 aromatic rings. The summed E-state index contributed by atoms with van der Waals surface area (Å²) < 4.78 is 5.05. The van der Waals surface area contributed by atoms with Crippen LogP contribution in [0.2, 0.25) is 0 Å². The number of carbonyl (C=O) groups is 1. The fourth-order valence-electron chi connectivity index (χ4n) is 2.00. The highest BCUT2D eigenvalue weighted by molar-refractivity contribution is 5.86. The van der Waals surface area contributed by atoms with Gasteiger partial charge in [-0.3, -0.25) is 0 Å². The summed E-state index contributed by atoms with van der Waals surface area (Å²) in [5.41, 5.74) is 3.21. The van der Waals surface area contributed by atoms with E-state index in [-0.39, 0.29) is 5.97 Å². The van der Waals surface area contributed by atoms with E-state index in [2.05, 4.69) is 37.8 Å². The van der Waals surface area contributed by atoms with Crippen molar-refractivity contribution in [3.05, 3.63) is 47.5 Å². The van der Waals surface area contributed by atoms with Gasteiger partial charge < -0.3 is 4.74 Å². The van der Waals surface area contributed by atoms with Crippen LogP contribution in [0.5, 0.6) is 0 Å². The van der Waals surface area contributed by atoms with Crippen LogP contribution in [0.4, 0.5) is 0 Å². The number of carbonyl (C=O) groups excluding carboxylic acids is 1. The van der Waals surface area contributed by atoms with Crippen molar-refractivity contribution >= 4 is 5.97 Å². The Labute approximate surface area is 122 Å². The van der Waals surface area contributed by atoms with Gasteiger partial charge in [-0.25, -0.2) is 4.79 Å². The van der Waals surface area contributed by atoms with Crippen LogP contribution >= 0.6 is 0 Å². The molecule has 0 aromatic heterocycles. The molecule has 0 aliphatic rings. The van der Waals surface area contributed by atoms with Crippen LogP contribution in [-0.2, 0) is 16.0 Å². The Bertz CT molecular complexity index is 418. The molecule has 0 saturated carbocycles. The summed E-state index contributed by atoms with van der Waals surface area (Å²) in [4.78, 5) is 11.1. The molecule has 0 spiro atoms. The fourth-order valence-corrected chi connectivity index (χ4v) is 2.00. The maximum Gasteiger partial charge on any atom is 0.333 e. The summed E-state index contributed by atoms with van der Waals surface area (Å²) in [5.74, 6) is -0.274. The van der Waals surface area contributed by atoms with Crippen LogP contribution in [0.3, 0.4) is 0 Å². The van der Waals surface area contributed by atoms with Crippen LogP contribution in [0.25, 0.3) is 0 Å². The van der Waals surface area contributed by atoms with Gasteiger partial charge in [-0.1, -0.05) is 55.7 Å². The molecule has 0 saturated heterocycles. The molecule has 0 amide bonds. The van der Waals surface area contributed by atoms with Crippen LogP contribution < -0.4 is 0 Å². The lowest BCUT2D eigenvalue weighted by Crippen LogP contribution is -2.05. The molecule has 0 aliphatic carbocycles. The summed E-state index contributed by atoms with van der Waals surface area (Å²) in [7, 11) is 0. The first-order valence-electron chi connectivity index (χ1n) is 7.48. The van der Waals surface area contributed by atoms with E-state index in [0.29, 0.717) is 12.2 Å². The molecule has 0 bridgehead atoms. The molecule has 1 aromatic carbocycles. The Balaban J connectivity index is 1.96. The van der Waals surface area contributed by atoms with Gasteiger partial charge in [0, 0.05) is 5.57 Å². The van der Waals surface area contributed by atoms with Crippen molar-refractivity contribution in [3.8, 4) is 0 Å². The maximum absolute atomic E-state index is 11.1. The van der Waals surface area contributed by atoms with Crippen molar-refractivity contribution in [2.24, 2.45) is 0 Å². The van der Waals surface area contributed by atoms with E-state index in [1.165, 1.54) is 30.4 Å². The minimum atomic E-state index is -0.274. The first kappa shape index (κ1) is 16.5. The molecule has 0 unspecified atom stereocenters. The average Bonchev–Trinajstić information content (AvgIpc) is 2.43. The number of rotatable bonds is 9. The number of esters is 1. The maximum atomic E-state index is 11.1. The van der Waals surface area contributed by atoms with E-state index >= 15 is 0 Å². The molecular formula is C18H26O2. The van der Waals surface area contributed by atoms with Crippen molar-refractivity contribution in [3.63, 3.8) is 0 Å². The molecule has 2 heteroatoms. The first-order valence-corrected chi connectivity index (χ1v) is 7.48. The molecule has 1 rings (SSSR count). The third-order valence-corrected chi connectivity index (χ3v) is 3.31. The highest BCUT2D eigenvalue weighted by Gasteiger charge is 2.01. The number of ether oxygens (including phenoxy) is 1. The van der Waals surface area contributed by atoms with E-state index in [0.717, 1.165) is 19.3 Å². The molecule has 0 atom stereocenters. The van der Waals surface area contributed by atoms with Gasteiger partial charge in [0.1, 0.15) is 0 Å². The van der Waals surface area contributed by atoms with Crippen LogP contribution in [0.1, 0.15) is 50.2 Å². The zero-order chi connectivity index (χ0) is 14.8. The molecule has 2 nitrogen and oxygen atoms in total.